The van der Waals surface area contributed by atoms with Crippen molar-refractivity contribution in [3.05, 3.63) is 34.9 Å². The summed E-state index contributed by atoms with van der Waals surface area (Å²) < 4.78 is 0. The predicted molar refractivity (Wildman–Crippen MR) is 85.1 cm³/mol. The molecule has 114 valence electrons. The minimum Gasteiger partial charge on any atom is -0.319 e. The molecule has 2 unspecified atom stereocenters. The van der Waals surface area contributed by atoms with Crippen molar-refractivity contribution in [2.75, 3.05) is 0 Å². The number of nitrogens with zero attached hydrogens (tertiary/aromatic N) is 1. The maximum absolute atomic E-state index is 12.8. The Hall–Kier alpha value is -1.06. The molecule has 2 aliphatic rings. The Kier molecular flexibility index (Phi) is 4.51. The minimum absolute atomic E-state index is 0.00872. The molecule has 1 aromatic carbocycles. The molecule has 1 saturated carbocycles. The van der Waals surface area contributed by atoms with Crippen LogP contribution in [0.1, 0.15) is 57.2 Å². The highest BCUT2D eigenvalue weighted by molar-refractivity contribution is 6.30. The standard InChI is InChI=1S/C17H23ClN2O/c1-2-5-15-17(21)20(14-6-3-4-7-14)16(19-15)12-8-10-13(18)11-9-12/h8-11,14-16,19H,2-7H2,1H3. The second-order valence-electron chi connectivity index (χ2n) is 6.15. The van der Waals surface area contributed by atoms with Crippen molar-refractivity contribution in [3.63, 3.8) is 0 Å². The highest BCUT2D eigenvalue weighted by Gasteiger charge is 2.43. The van der Waals surface area contributed by atoms with Gasteiger partial charge in [-0.25, -0.2) is 0 Å². The van der Waals surface area contributed by atoms with Crippen molar-refractivity contribution < 1.29 is 4.79 Å². The van der Waals surface area contributed by atoms with Gasteiger partial charge < -0.3 is 4.90 Å². The van der Waals surface area contributed by atoms with Crippen LogP contribution in [-0.2, 0) is 4.79 Å². The Bertz CT molecular complexity index is 496. The Morgan fingerprint density at radius 3 is 2.52 bits per heavy atom. The van der Waals surface area contributed by atoms with Gasteiger partial charge in [0.15, 0.2) is 0 Å². The average Bonchev–Trinajstić information content (AvgIpc) is 3.09. The highest BCUT2D eigenvalue weighted by Crippen LogP contribution is 2.35. The van der Waals surface area contributed by atoms with E-state index in [1.165, 1.54) is 12.8 Å². The van der Waals surface area contributed by atoms with Gasteiger partial charge in [-0.15, -0.1) is 0 Å². The molecule has 0 bridgehead atoms. The zero-order valence-corrected chi connectivity index (χ0v) is 13.3. The summed E-state index contributed by atoms with van der Waals surface area (Å²) in [6.45, 7) is 2.13. The van der Waals surface area contributed by atoms with E-state index in [9.17, 15) is 4.79 Å². The summed E-state index contributed by atoms with van der Waals surface area (Å²) in [4.78, 5) is 14.9. The summed E-state index contributed by atoms with van der Waals surface area (Å²) in [6, 6.07) is 8.24. The molecule has 0 radical (unpaired) electrons. The molecule has 1 aromatic rings. The molecular formula is C17H23ClN2O. The molecule has 2 fully saturated rings. The largest absolute Gasteiger partial charge is 0.319 e. The van der Waals surface area contributed by atoms with E-state index in [2.05, 4.69) is 17.1 Å². The number of nitrogens with one attached hydrogen (secondary N) is 1. The van der Waals surface area contributed by atoms with Crippen LogP contribution in [-0.4, -0.2) is 22.9 Å². The predicted octanol–water partition coefficient (Wildman–Crippen LogP) is 3.88. The number of amides is 1. The van der Waals surface area contributed by atoms with Crippen molar-refractivity contribution in [1.82, 2.24) is 10.2 Å². The van der Waals surface area contributed by atoms with E-state index in [-0.39, 0.29) is 18.1 Å². The molecule has 2 atom stereocenters. The molecule has 3 nitrogen and oxygen atoms in total. The number of halogens is 1. The second-order valence-corrected chi connectivity index (χ2v) is 6.58. The number of benzene rings is 1. The van der Waals surface area contributed by atoms with Crippen LogP contribution in [0.4, 0.5) is 0 Å². The van der Waals surface area contributed by atoms with E-state index in [0.717, 1.165) is 36.3 Å². The first-order valence-corrected chi connectivity index (χ1v) is 8.42. The Morgan fingerprint density at radius 2 is 1.90 bits per heavy atom. The van der Waals surface area contributed by atoms with Crippen LogP contribution in [0.25, 0.3) is 0 Å². The third-order valence-corrected chi connectivity index (χ3v) is 4.92. The molecule has 1 heterocycles. The first-order chi connectivity index (χ1) is 10.2. The van der Waals surface area contributed by atoms with Crippen molar-refractivity contribution in [2.45, 2.75) is 63.7 Å². The maximum atomic E-state index is 12.8. The van der Waals surface area contributed by atoms with E-state index in [0.29, 0.717) is 6.04 Å². The first-order valence-electron chi connectivity index (χ1n) is 8.04. The zero-order valence-electron chi connectivity index (χ0n) is 12.5. The highest BCUT2D eigenvalue weighted by atomic mass is 35.5. The van der Waals surface area contributed by atoms with Crippen molar-refractivity contribution >= 4 is 17.5 Å². The summed E-state index contributed by atoms with van der Waals surface area (Å²) in [7, 11) is 0. The summed E-state index contributed by atoms with van der Waals surface area (Å²) in [5.74, 6) is 0.281. The molecule has 1 amide bonds. The van der Waals surface area contributed by atoms with E-state index >= 15 is 0 Å². The number of carbonyl (C=O) groups excluding carboxylic acids is 1. The summed E-state index contributed by atoms with van der Waals surface area (Å²) in [5.41, 5.74) is 1.14. The lowest BCUT2D eigenvalue weighted by atomic mass is 10.1. The topological polar surface area (TPSA) is 32.3 Å². The van der Waals surface area contributed by atoms with Gasteiger partial charge in [0, 0.05) is 11.1 Å². The smallest absolute Gasteiger partial charge is 0.241 e. The third-order valence-electron chi connectivity index (χ3n) is 4.67. The van der Waals surface area contributed by atoms with Crippen molar-refractivity contribution in [1.29, 1.82) is 0 Å². The van der Waals surface area contributed by atoms with E-state index in [1.807, 2.05) is 24.3 Å². The van der Waals surface area contributed by atoms with Crippen LogP contribution < -0.4 is 5.32 Å². The second kappa shape index (κ2) is 6.37. The molecule has 21 heavy (non-hydrogen) atoms. The molecule has 4 heteroatoms. The van der Waals surface area contributed by atoms with Crippen molar-refractivity contribution in [2.24, 2.45) is 0 Å². The number of carbonyl (C=O) groups is 1. The van der Waals surface area contributed by atoms with Gasteiger partial charge in [-0.3, -0.25) is 10.1 Å². The molecule has 0 aromatic heterocycles. The minimum atomic E-state index is -0.0312. The molecular weight excluding hydrogens is 284 g/mol. The van der Waals surface area contributed by atoms with Gasteiger partial charge in [-0.1, -0.05) is 49.9 Å². The fraction of sp³-hybridized carbons (Fsp3) is 0.588. The molecule has 1 aliphatic heterocycles. The molecule has 3 rings (SSSR count). The number of rotatable bonds is 4. The van der Waals surface area contributed by atoms with Crippen LogP contribution in [0.15, 0.2) is 24.3 Å². The SMILES string of the molecule is CCCC1NC(c2ccc(Cl)cc2)N(C2CCCC2)C1=O. The average molecular weight is 307 g/mol. The van der Waals surface area contributed by atoms with Gasteiger partial charge in [0.05, 0.1) is 6.04 Å². The molecule has 1 N–H and O–H groups in total. The quantitative estimate of drug-likeness (QED) is 0.915. The molecule has 1 aliphatic carbocycles. The fourth-order valence-corrected chi connectivity index (χ4v) is 3.75. The number of hydrogen-bond acceptors (Lipinski definition) is 2. The lowest BCUT2D eigenvalue weighted by Crippen LogP contribution is -2.38. The summed E-state index contributed by atoms with van der Waals surface area (Å²) in [6.07, 6.45) is 6.68. The lowest BCUT2D eigenvalue weighted by molar-refractivity contribution is -0.132. The Balaban J connectivity index is 1.87. The fourth-order valence-electron chi connectivity index (χ4n) is 3.62. The van der Waals surface area contributed by atoms with Gasteiger partial charge in [0.2, 0.25) is 5.91 Å². The lowest BCUT2D eigenvalue weighted by Gasteiger charge is -2.30. The normalized spacial score (nSPS) is 26.8. The molecule has 0 spiro atoms. The summed E-state index contributed by atoms with van der Waals surface area (Å²) in [5, 5.41) is 4.27. The van der Waals surface area contributed by atoms with Crippen LogP contribution in [0.5, 0.6) is 0 Å². The third kappa shape index (κ3) is 2.95. The van der Waals surface area contributed by atoms with Crippen LogP contribution in [0.3, 0.4) is 0 Å². The molecule has 1 saturated heterocycles. The maximum Gasteiger partial charge on any atom is 0.241 e. The van der Waals surface area contributed by atoms with Gasteiger partial charge in [0.25, 0.3) is 0 Å². The summed E-state index contributed by atoms with van der Waals surface area (Å²) >= 11 is 5.99. The number of hydrogen-bond donors (Lipinski definition) is 1. The van der Waals surface area contributed by atoms with E-state index in [1.54, 1.807) is 0 Å². The van der Waals surface area contributed by atoms with E-state index < -0.39 is 0 Å². The van der Waals surface area contributed by atoms with Gasteiger partial charge in [-0.05, 0) is 37.0 Å². The van der Waals surface area contributed by atoms with Crippen LogP contribution in [0, 0.1) is 0 Å². The van der Waals surface area contributed by atoms with Gasteiger partial charge in [0.1, 0.15) is 6.17 Å². The van der Waals surface area contributed by atoms with Crippen LogP contribution >= 0.6 is 11.6 Å². The Morgan fingerprint density at radius 1 is 1.24 bits per heavy atom. The zero-order chi connectivity index (χ0) is 14.8. The van der Waals surface area contributed by atoms with E-state index in [4.69, 9.17) is 11.6 Å². The Labute approximate surface area is 131 Å². The van der Waals surface area contributed by atoms with Crippen molar-refractivity contribution in [3.8, 4) is 0 Å². The van der Waals surface area contributed by atoms with Crippen LogP contribution in [0.2, 0.25) is 5.02 Å². The first kappa shape index (κ1) is 14.9. The van der Waals surface area contributed by atoms with Gasteiger partial charge >= 0.3 is 0 Å². The van der Waals surface area contributed by atoms with Gasteiger partial charge in [-0.2, -0.15) is 0 Å². The monoisotopic (exact) mass is 306 g/mol.